The molecule has 0 nitrogen and oxygen atoms in total. The van der Waals surface area contributed by atoms with Gasteiger partial charge in [0.15, 0.2) is 0 Å². The van der Waals surface area contributed by atoms with Crippen LogP contribution >= 0.6 is 46.4 Å². The van der Waals surface area contributed by atoms with Crippen LogP contribution in [0.5, 0.6) is 0 Å². The average molecular weight is 334 g/mol. The van der Waals surface area contributed by atoms with Crippen molar-refractivity contribution in [2.45, 2.75) is 9.21 Å². The number of halogens is 4. The highest BCUT2D eigenvalue weighted by Gasteiger charge is 2.50. The van der Waals surface area contributed by atoms with E-state index in [2.05, 4.69) is 0 Å². The molecule has 0 unspecified atom stereocenters. The Morgan fingerprint density at radius 2 is 1.05 bits per heavy atom. The molecule has 0 aliphatic carbocycles. The minimum absolute atomic E-state index is 0.178. The first-order valence-corrected chi connectivity index (χ1v) is 7.43. The average Bonchev–Trinajstić information content (AvgIpc) is 2.41. The van der Waals surface area contributed by atoms with Gasteiger partial charge in [0.25, 0.3) is 0 Å². The van der Waals surface area contributed by atoms with Crippen molar-refractivity contribution in [3.05, 3.63) is 71.8 Å². The summed E-state index contributed by atoms with van der Waals surface area (Å²) in [6.07, 6.45) is 0. The molecule has 2 aromatic rings. The molecule has 0 amide bonds. The van der Waals surface area contributed by atoms with Crippen LogP contribution < -0.4 is 0 Å². The van der Waals surface area contributed by atoms with Gasteiger partial charge >= 0.3 is 0 Å². The molecule has 0 N–H and O–H groups in total. The van der Waals surface area contributed by atoms with E-state index in [1.165, 1.54) is 0 Å². The highest BCUT2D eigenvalue weighted by Crippen LogP contribution is 2.51. The van der Waals surface area contributed by atoms with E-state index in [-0.39, 0.29) is 5.88 Å². The Morgan fingerprint density at radius 3 is 1.32 bits per heavy atom. The van der Waals surface area contributed by atoms with Crippen LogP contribution in [0.15, 0.2) is 60.7 Å². The van der Waals surface area contributed by atoms with E-state index < -0.39 is 9.21 Å². The van der Waals surface area contributed by atoms with Crippen LogP contribution in [0.3, 0.4) is 0 Å². The SMILES string of the molecule is ClCC(c1ccccc1)(c1ccccc1)C(Cl)(Cl)Cl. The van der Waals surface area contributed by atoms with E-state index in [4.69, 9.17) is 46.4 Å². The van der Waals surface area contributed by atoms with Crippen LogP contribution in [0.2, 0.25) is 0 Å². The lowest BCUT2D eigenvalue weighted by Crippen LogP contribution is -2.43. The van der Waals surface area contributed by atoms with E-state index in [1.54, 1.807) is 0 Å². The number of benzene rings is 2. The lowest BCUT2D eigenvalue weighted by atomic mass is 9.77. The van der Waals surface area contributed by atoms with Gasteiger partial charge in [0.2, 0.25) is 3.79 Å². The number of alkyl halides is 4. The third-order valence-electron chi connectivity index (χ3n) is 3.22. The summed E-state index contributed by atoms with van der Waals surface area (Å²) in [5.41, 5.74) is 0.897. The smallest absolute Gasteiger partial charge is 0.125 e. The zero-order chi connectivity index (χ0) is 13.9. The second-order valence-corrected chi connectivity index (χ2v) is 6.82. The van der Waals surface area contributed by atoms with Crippen LogP contribution in [-0.4, -0.2) is 9.67 Å². The second-order valence-electron chi connectivity index (χ2n) is 4.27. The van der Waals surface area contributed by atoms with Gasteiger partial charge in [-0.1, -0.05) is 95.5 Å². The van der Waals surface area contributed by atoms with E-state index >= 15 is 0 Å². The molecule has 0 heterocycles. The highest BCUT2D eigenvalue weighted by molar-refractivity contribution is 6.69. The Labute approximate surface area is 133 Å². The van der Waals surface area contributed by atoms with Gasteiger partial charge in [0, 0.05) is 5.88 Å². The van der Waals surface area contributed by atoms with Crippen molar-refractivity contribution in [3.63, 3.8) is 0 Å². The first-order chi connectivity index (χ1) is 9.02. The summed E-state index contributed by atoms with van der Waals surface area (Å²) in [6, 6.07) is 19.2. The van der Waals surface area contributed by atoms with Gasteiger partial charge in [-0.3, -0.25) is 0 Å². The van der Waals surface area contributed by atoms with Gasteiger partial charge in [-0.2, -0.15) is 0 Å². The highest BCUT2D eigenvalue weighted by atomic mass is 35.6. The first kappa shape index (κ1) is 15.0. The molecular weight excluding hydrogens is 322 g/mol. The summed E-state index contributed by atoms with van der Waals surface area (Å²) in [4.78, 5) is 0. The van der Waals surface area contributed by atoms with Gasteiger partial charge in [0.1, 0.15) is 0 Å². The predicted octanol–water partition coefficient (Wildman–Crippen LogP) is 5.58. The Balaban J connectivity index is 2.70. The van der Waals surface area contributed by atoms with Crippen LogP contribution in [0, 0.1) is 0 Å². The predicted molar refractivity (Wildman–Crippen MR) is 84.7 cm³/mol. The first-order valence-electron chi connectivity index (χ1n) is 5.76. The van der Waals surface area contributed by atoms with Crippen molar-refractivity contribution in [3.8, 4) is 0 Å². The third kappa shape index (κ3) is 2.73. The number of hydrogen-bond acceptors (Lipinski definition) is 0. The molecular formula is C15H12Cl4. The lowest BCUT2D eigenvalue weighted by Gasteiger charge is -2.39. The quantitative estimate of drug-likeness (QED) is 0.643. The van der Waals surface area contributed by atoms with Crippen LogP contribution in [0.25, 0.3) is 0 Å². The molecule has 0 aliphatic heterocycles. The molecule has 0 fully saturated rings. The monoisotopic (exact) mass is 332 g/mol. The molecule has 19 heavy (non-hydrogen) atoms. The van der Waals surface area contributed by atoms with Crippen molar-refractivity contribution in [1.82, 2.24) is 0 Å². The summed E-state index contributed by atoms with van der Waals surface area (Å²) < 4.78 is -1.54. The van der Waals surface area contributed by atoms with Gasteiger partial charge in [-0.25, -0.2) is 0 Å². The molecule has 2 rings (SSSR count). The minimum atomic E-state index is -1.54. The lowest BCUT2D eigenvalue weighted by molar-refractivity contribution is 0.592. The molecule has 0 aliphatic rings. The Bertz CT molecular complexity index is 477. The minimum Gasteiger partial charge on any atom is -0.125 e. The van der Waals surface area contributed by atoms with Crippen LogP contribution in [0.4, 0.5) is 0 Å². The van der Waals surface area contributed by atoms with Gasteiger partial charge in [-0.15, -0.1) is 11.6 Å². The van der Waals surface area contributed by atoms with Gasteiger partial charge < -0.3 is 0 Å². The second kappa shape index (κ2) is 5.93. The van der Waals surface area contributed by atoms with Crippen molar-refractivity contribution in [2.75, 3.05) is 5.88 Å². The summed E-state index contributed by atoms with van der Waals surface area (Å²) in [6.45, 7) is 0. The number of hydrogen-bond donors (Lipinski definition) is 0. The molecule has 100 valence electrons. The standard InChI is InChI=1S/C15H12Cl4/c16-11-14(15(17,18)19,12-7-3-1-4-8-12)13-9-5-2-6-10-13/h1-10H,11H2. The Morgan fingerprint density at radius 1 is 0.684 bits per heavy atom. The van der Waals surface area contributed by atoms with Gasteiger partial charge in [-0.05, 0) is 11.1 Å². The van der Waals surface area contributed by atoms with Crippen LogP contribution in [-0.2, 0) is 5.41 Å². The van der Waals surface area contributed by atoms with Gasteiger partial charge in [0.05, 0.1) is 5.41 Å². The van der Waals surface area contributed by atoms with Crippen molar-refractivity contribution < 1.29 is 0 Å². The zero-order valence-corrected chi connectivity index (χ0v) is 13.0. The summed E-state index contributed by atoms with van der Waals surface area (Å²) in [7, 11) is 0. The normalized spacial score (nSPS) is 12.4. The van der Waals surface area contributed by atoms with E-state index in [9.17, 15) is 0 Å². The Hall–Kier alpha value is -0.400. The molecule has 0 saturated carbocycles. The Kier molecular flexibility index (Phi) is 4.68. The largest absolute Gasteiger partial charge is 0.205 e. The van der Waals surface area contributed by atoms with Crippen LogP contribution in [0.1, 0.15) is 11.1 Å². The molecule has 0 saturated heterocycles. The summed E-state index contributed by atoms with van der Waals surface area (Å²) >= 11 is 25.0. The topological polar surface area (TPSA) is 0 Å². The van der Waals surface area contributed by atoms with Crippen molar-refractivity contribution >= 4 is 46.4 Å². The maximum atomic E-state index is 6.27. The summed E-state index contributed by atoms with van der Waals surface area (Å²) in [5, 5.41) is 0. The molecule has 2 aromatic carbocycles. The fourth-order valence-electron chi connectivity index (χ4n) is 2.17. The number of rotatable bonds is 3. The maximum Gasteiger partial charge on any atom is 0.205 e. The summed E-state index contributed by atoms with van der Waals surface area (Å²) in [5.74, 6) is 0.178. The third-order valence-corrected chi connectivity index (χ3v) is 4.59. The molecule has 0 aromatic heterocycles. The molecule has 0 bridgehead atoms. The van der Waals surface area contributed by atoms with Crippen molar-refractivity contribution in [2.24, 2.45) is 0 Å². The van der Waals surface area contributed by atoms with Crippen molar-refractivity contribution in [1.29, 1.82) is 0 Å². The maximum absolute atomic E-state index is 6.27. The zero-order valence-electron chi connectivity index (χ0n) is 9.99. The van der Waals surface area contributed by atoms with E-state index in [0.717, 1.165) is 11.1 Å². The fraction of sp³-hybridized carbons (Fsp3) is 0.200. The molecule has 0 spiro atoms. The molecule has 4 heteroatoms. The molecule has 0 atom stereocenters. The van der Waals surface area contributed by atoms with E-state index in [1.807, 2.05) is 60.7 Å². The fourth-order valence-corrected chi connectivity index (χ4v) is 3.74. The van der Waals surface area contributed by atoms with E-state index in [0.29, 0.717) is 0 Å². The molecule has 0 radical (unpaired) electrons.